The van der Waals surface area contributed by atoms with Crippen LogP contribution in [0.4, 0.5) is 5.69 Å². The van der Waals surface area contributed by atoms with Gasteiger partial charge >= 0.3 is 0 Å². The summed E-state index contributed by atoms with van der Waals surface area (Å²) in [5.74, 6) is 0. The van der Waals surface area contributed by atoms with Crippen molar-refractivity contribution in [2.24, 2.45) is 0 Å². The Morgan fingerprint density at radius 1 is 1.23 bits per heavy atom. The topological polar surface area (TPSA) is 78.6 Å². The van der Waals surface area contributed by atoms with Crippen LogP contribution in [-0.4, -0.2) is 28.1 Å². The summed E-state index contributed by atoms with van der Waals surface area (Å²) in [6.07, 6.45) is 4.22. The van der Waals surface area contributed by atoms with Crippen LogP contribution < -0.4 is 10.6 Å². The van der Waals surface area contributed by atoms with Crippen molar-refractivity contribution in [2.45, 2.75) is 32.4 Å². The summed E-state index contributed by atoms with van der Waals surface area (Å²) in [6, 6.07) is 16.8. The highest BCUT2D eigenvalue weighted by molar-refractivity contribution is 5.74. The fourth-order valence-corrected chi connectivity index (χ4v) is 4.48. The second kappa shape index (κ2) is 7.77. The molecule has 2 N–H and O–H groups in total. The van der Waals surface area contributed by atoms with Gasteiger partial charge in [0.2, 0.25) is 0 Å². The molecule has 1 aromatic heterocycles. The number of nitrogens with zero attached hydrogens (tertiary/aromatic N) is 4. The zero-order valence-electron chi connectivity index (χ0n) is 17.0. The number of nitriles is 1. The molecule has 5 rings (SSSR count). The summed E-state index contributed by atoms with van der Waals surface area (Å²) in [5, 5.41) is 25.0. The number of rotatable bonds is 3. The number of anilines is 1. The first kappa shape index (κ1) is 18.6. The van der Waals surface area contributed by atoms with E-state index in [2.05, 4.69) is 51.3 Å². The predicted octanol–water partition coefficient (Wildman–Crippen LogP) is 4.06. The van der Waals surface area contributed by atoms with Crippen molar-refractivity contribution in [3.05, 3.63) is 70.9 Å². The maximum atomic E-state index is 9.26. The normalized spacial score (nSPS) is 17.9. The molecule has 0 amide bonds. The highest BCUT2D eigenvalue weighted by Gasteiger charge is 2.26. The summed E-state index contributed by atoms with van der Waals surface area (Å²) < 4.78 is 2.02. The summed E-state index contributed by atoms with van der Waals surface area (Å²) in [6.45, 7) is 4.75. The number of aryl methyl sites for hydroxylation is 2. The molecule has 2 aliphatic heterocycles. The first-order chi connectivity index (χ1) is 14.7. The summed E-state index contributed by atoms with van der Waals surface area (Å²) in [5.41, 5.74) is 8.81. The van der Waals surface area contributed by atoms with Crippen LogP contribution in [0.2, 0.25) is 0 Å². The summed E-state index contributed by atoms with van der Waals surface area (Å²) in [7, 11) is 0. The van der Waals surface area contributed by atoms with Gasteiger partial charge < -0.3 is 10.6 Å². The van der Waals surface area contributed by atoms with E-state index in [4.69, 9.17) is 0 Å². The molecule has 6 nitrogen and oxygen atoms in total. The lowest BCUT2D eigenvalue weighted by Gasteiger charge is -2.22. The average molecular weight is 396 g/mol. The van der Waals surface area contributed by atoms with Gasteiger partial charge in [-0.15, -0.1) is 5.10 Å². The molecule has 1 unspecified atom stereocenters. The highest BCUT2D eigenvalue weighted by Crippen LogP contribution is 2.38. The van der Waals surface area contributed by atoms with E-state index in [1.807, 2.05) is 35.9 Å². The van der Waals surface area contributed by atoms with Crippen LogP contribution in [0.25, 0.3) is 16.8 Å². The van der Waals surface area contributed by atoms with Crippen molar-refractivity contribution in [3.63, 3.8) is 0 Å². The van der Waals surface area contributed by atoms with E-state index < -0.39 is 0 Å². The number of hydrogen-bond donors (Lipinski definition) is 2. The van der Waals surface area contributed by atoms with Crippen molar-refractivity contribution in [1.82, 2.24) is 20.3 Å². The molecule has 0 bridgehead atoms. The number of nitrogens with one attached hydrogen (secondary N) is 2. The van der Waals surface area contributed by atoms with Gasteiger partial charge in [0.1, 0.15) is 0 Å². The lowest BCUT2D eigenvalue weighted by molar-refractivity contribution is 0.539. The van der Waals surface area contributed by atoms with Gasteiger partial charge in [0.25, 0.3) is 0 Å². The van der Waals surface area contributed by atoms with Crippen LogP contribution in [0.15, 0.2) is 48.5 Å². The Morgan fingerprint density at radius 3 is 3.00 bits per heavy atom. The Labute approximate surface area is 176 Å². The average Bonchev–Trinajstić information content (AvgIpc) is 3.09. The van der Waals surface area contributed by atoms with Crippen molar-refractivity contribution >= 4 is 11.3 Å². The van der Waals surface area contributed by atoms with Crippen LogP contribution in [0.3, 0.4) is 0 Å². The minimum absolute atomic E-state index is 0.123. The van der Waals surface area contributed by atoms with Crippen LogP contribution >= 0.6 is 0 Å². The van der Waals surface area contributed by atoms with Crippen molar-refractivity contribution in [1.29, 1.82) is 5.26 Å². The largest absolute Gasteiger partial charge is 0.378 e. The van der Waals surface area contributed by atoms with E-state index in [1.54, 1.807) is 0 Å². The van der Waals surface area contributed by atoms with E-state index in [0.29, 0.717) is 5.56 Å². The number of hydrogen-bond acceptors (Lipinski definition) is 5. The number of aromatic nitrogens is 3. The fourth-order valence-electron chi connectivity index (χ4n) is 4.48. The molecule has 2 aromatic carbocycles. The molecule has 3 heterocycles. The Bertz CT molecular complexity index is 1170. The molecule has 6 heteroatoms. The van der Waals surface area contributed by atoms with Gasteiger partial charge in [-0.2, -0.15) is 5.26 Å². The molecule has 1 atom stereocenters. The highest BCUT2D eigenvalue weighted by atomic mass is 15.4. The lowest BCUT2D eigenvalue weighted by atomic mass is 9.90. The fraction of sp³-hybridized carbons (Fsp3) is 0.292. The molecule has 0 saturated carbocycles. The van der Waals surface area contributed by atoms with Gasteiger partial charge in [0, 0.05) is 24.3 Å². The maximum absolute atomic E-state index is 9.26. The summed E-state index contributed by atoms with van der Waals surface area (Å²) >= 11 is 0. The van der Waals surface area contributed by atoms with Gasteiger partial charge in [0.05, 0.1) is 29.1 Å². The third-order valence-electron chi connectivity index (χ3n) is 5.98. The van der Waals surface area contributed by atoms with Crippen LogP contribution in [-0.2, 0) is 6.54 Å². The third kappa shape index (κ3) is 3.38. The van der Waals surface area contributed by atoms with Crippen LogP contribution in [0, 0.1) is 18.3 Å². The molecule has 2 aliphatic rings. The first-order valence-electron chi connectivity index (χ1n) is 10.4. The van der Waals surface area contributed by atoms with Gasteiger partial charge in [-0.25, -0.2) is 4.68 Å². The predicted molar refractivity (Wildman–Crippen MR) is 118 cm³/mol. The van der Waals surface area contributed by atoms with Gasteiger partial charge in [-0.1, -0.05) is 29.5 Å². The first-order valence-corrected chi connectivity index (χ1v) is 10.4. The van der Waals surface area contributed by atoms with E-state index in [-0.39, 0.29) is 6.04 Å². The molecule has 30 heavy (non-hydrogen) atoms. The molecule has 0 aliphatic carbocycles. The van der Waals surface area contributed by atoms with Crippen LogP contribution in [0.1, 0.15) is 41.3 Å². The second-order valence-corrected chi connectivity index (χ2v) is 7.91. The number of fused-ring (bicyclic) bond motifs is 3. The minimum Gasteiger partial charge on any atom is -0.378 e. The zero-order chi connectivity index (χ0) is 20.5. The molecule has 0 spiro atoms. The van der Waals surface area contributed by atoms with E-state index >= 15 is 0 Å². The molecular weight excluding hydrogens is 372 g/mol. The van der Waals surface area contributed by atoms with Gasteiger partial charge in [0.15, 0.2) is 0 Å². The smallest absolute Gasteiger partial charge is 0.0992 e. The van der Waals surface area contributed by atoms with Crippen LogP contribution in [0.5, 0.6) is 0 Å². The zero-order valence-corrected chi connectivity index (χ0v) is 17.0. The molecule has 0 saturated heterocycles. The Balaban J connectivity index is 1.60. The van der Waals surface area contributed by atoms with E-state index in [0.717, 1.165) is 49.6 Å². The van der Waals surface area contributed by atoms with Gasteiger partial charge in [-0.3, -0.25) is 0 Å². The molecule has 3 aromatic rings. The SMILES string of the molecule is Cc1nnn2c1-c1ccc(C3=CCNCC3)cc1C(Nc1cccc(C#N)c1)CC2. The third-order valence-corrected chi connectivity index (χ3v) is 5.98. The lowest BCUT2D eigenvalue weighted by Crippen LogP contribution is -2.20. The Morgan fingerprint density at radius 2 is 2.17 bits per heavy atom. The Kier molecular flexibility index (Phi) is 4.82. The molecule has 0 fully saturated rings. The monoisotopic (exact) mass is 396 g/mol. The van der Waals surface area contributed by atoms with E-state index in [9.17, 15) is 5.26 Å². The maximum Gasteiger partial charge on any atom is 0.0992 e. The molecule has 0 radical (unpaired) electrons. The number of benzene rings is 2. The summed E-state index contributed by atoms with van der Waals surface area (Å²) in [4.78, 5) is 0. The second-order valence-electron chi connectivity index (χ2n) is 7.91. The minimum atomic E-state index is 0.123. The Hall–Kier alpha value is -3.43. The molecule has 150 valence electrons. The molecular formula is C24H24N6. The standard InChI is InChI=1S/C24H24N6/c1-16-24-21-6-5-19(18-7-10-26-11-8-18)14-22(21)23(9-12-30(24)29-28-16)27-20-4-2-3-17(13-20)15-25/h2-7,13-14,23,26-27H,8-12H2,1H3. The van der Waals surface area contributed by atoms with E-state index in [1.165, 1.54) is 22.3 Å². The van der Waals surface area contributed by atoms with Crippen molar-refractivity contribution in [2.75, 3.05) is 18.4 Å². The van der Waals surface area contributed by atoms with Crippen molar-refractivity contribution < 1.29 is 0 Å². The van der Waals surface area contributed by atoms with Gasteiger partial charge in [-0.05, 0) is 67.3 Å². The quantitative estimate of drug-likeness (QED) is 0.698. The van der Waals surface area contributed by atoms with Crippen molar-refractivity contribution in [3.8, 4) is 17.3 Å².